The third kappa shape index (κ3) is 5.08. The van der Waals surface area contributed by atoms with Crippen LogP contribution >= 0.6 is 11.8 Å². The highest BCUT2D eigenvalue weighted by atomic mass is 32.2. The van der Waals surface area contributed by atoms with Crippen LogP contribution in [0.15, 0.2) is 29.2 Å². The smallest absolute Gasteiger partial charge is 0.305 e. The minimum atomic E-state index is -0.890. The van der Waals surface area contributed by atoms with Gasteiger partial charge in [-0.15, -0.1) is 11.8 Å². The van der Waals surface area contributed by atoms with E-state index in [0.717, 1.165) is 23.4 Å². The molecule has 0 unspecified atom stereocenters. The van der Waals surface area contributed by atoms with Gasteiger partial charge in [-0.3, -0.25) is 9.59 Å². The molecule has 21 heavy (non-hydrogen) atoms. The molecule has 0 aliphatic rings. The average Bonchev–Trinajstić information content (AvgIpc) is 2.48. The number of hydrogen-bond acceptors (Lipinski definition) is 3. The van der Waals surface area contributed by atoms with E-state index in [1.807, 2.05) is 44.4 Å². The number of hydrogen-bond donors (Lipinski definition) is 1. The fourth-order valence-electron chi connectivity index (χ4n) is 2.21. The highest BCUT2D eigenvalue weighted by Crippen LogP contribution is 2.25. The largest absolute Gasteiger partial charge is 0.481 e. The van der Waals surface area contributed by atoms with Crippen molar-refractivity contribution in [2.75, 3.05) is 17.7 Å². The lowest BCUT2D eigenvalue weighted by atomic mass is 10.0. The first-order valence-electron chi connectivity index (χ1n) is 7.20. The molecular weight excluding hydrogens is 286 g/mol. The van der Waals surface area contributed by atoms with Crippen LogP contribution in [0.1, 0.15) is 33.1 Å². The minimum absolute atomic E-state index is 0.0134. The van der Waals surface area contributed by atoms with Crippen LogP contribution in [0.3, 0.4) is 0 Å². The van der Waals surface area contributed by atoms with Crippen molar-refractivity contribution in [3.8, 4) is 0 Å². The molecule has 0 fully saturated rings. The molecule has 0 atom stereocenters. The van der Waals surface area contributed by atoms with Crippen molar-refractivity contribution in [1.29, 1.82) is 0 Å². The third-order valence-electron chi connectivity index (χ3n) is 3.52. The van der Waals surface area contributed by atoms with Crippen LogP contribution in [0.25, 0.3) is 0 Å². The summed E-state index contributed by atoms with van der Waals surface area (Å²) in [5, 5.41) is 8.90. The number of carboxylic acids is 1. The second-order valence-corrected chi connectivity index (χ2v) is 5.73. The number of carbonyl (C=O) groups excluding carboxylic acids is 1. The number of amides is 1. The molecular formula is C16H23NO3S. The normalized spacial score (nSPS) is 10.7. The Hall–Kier alpha value is -1.49. The molecule has 1 aromatic carbocycles. The Kier molecular flexibility index (Phi) is 7.29. The maximum atomic E-state index is 12.6. The molecule has 5 heteroatoms. The minimum Gasteiger partial charge on any atom is -0.481 e. The van der Waals surface area contributed by atoms with Gasteiger partial charge in [-0.25, -0.2) is 0 Å². The van der Waals surface area contributed by atoms with Gasteiger partial charge in [0.05, 0.1) is 6.42 Å². The van der Waals surface area contributed by atoms with Crippen LogP contribution in [0.4, 0.5) is 5.69 Å². The lowest BCUT2D eigenvalue weighted by Crippen LogP contribution is -2.37. The molecule has 0 saturated heterocycles. The first-order valence-corrected chi connectivity index (χ1v) is 8.43. The van der Waals surface area contributed by atoms with E-state index in [9.17, 15) is 9.59 Å². The number of rotatable bonds is 8. The Balaban J connectivity index is 3.05. The Bertz CT molecular complexity index is 486. The summed E-state index contributed by atoms with van der Waals surface area (Å²) in [5.74, 6) is -0.936. The lowest BCUT2D eigenvalue weighted by molar-refractivity contribution is -0.136. The highest BCUT2D eigenvalue weighted by Gasteiger charge is 2.23. The molecule has 0 aliphatic heterocycles. The van der Waals surface area contributed by atoms with Gasteiger partial charge < -0.3 is 10.0 Å². The molecule has 0 saturated carbocycles. The first kappa shape index (κ1) is 17.6. The maximum absolute atomic E-state index is 12.6. The molecule has 1 rings (SSSR count). The maximum Gasteiger partial charge on any atom is 0.305 e. The number of carboxylic acid groups (broad SMARTS) is 1. The summed E-state index contributed by atoms with van der Waals surface area (Å²) >= 11 is 1.60. The van der Waals surface area contributed by atoms with Gasteiger partial charge in [-0.2, -0.15) is 0 Å². The molecule has 1 aromatic rings. The second kappa shape index (κ2) is 8.72. The lowest BCUT2D eigenvalue weighted by Gasteiger charge is -2.26. The van der Waals surface area contributed by atoms with Gasteiger partial charge in [0.2, 0.25) is 5.91 Å². The summed E-state index contributed by atoms with van der Waals surface area (Å²) in [6.45, 7) is 4.18. The van der Waals surface area contributed by atoms with Gasteiger partial charge in [0.15, 0.2) is 0 Å². The average molecular weight is 309 g/mol. The van der Waals surface area contributed by atoms with E-state index in [4.69, 9.17) is 5.11 Å². The monoisotopic (exact) mass is 309 g/mol. The van der Waals surface area contributed by atoms with Crippen molar-refractivity contribution in [3.05, 3.63) is 24.3 Å². The van der Waals surface area contributed by atoms with Crippen molar-refractivity contribution >= 4 is 29.3 Å². The van der Waals surface area contributed by atoms with Crippen LogP contribution in [0, 0.1) is 5.92 Å². The van der Waals surface area contributed by atoms with Gasteiger partial charge in [0, 0.05) is 23.0 Å². The summed E-state index contributed by atoms with van der Waals surface area (Å²) in [5.41, 5.74) is 0.778. The second-order valence-electron chi connectivity index (χ2n) is 4.85. The number of nitrogens with zero attached hydrogens (tertiary/aromatic N) is 1. The van der Waals surface area contributed by atoms with Crippen LogP contribution in [0.2, 0.25) is 0 Å². The van der Waals surface area contributed by atoms with Crippen molar-refractivity contribution in [2.45, 2.75) is 38.0 Å². The van der Waals surface area contributed by atoms with Gasteiger partial charge in [0.1, 0.15) is 0 Å². The van der Waals surface area contributed by atoms with E-state index in [-0.39, 0.29) is 24.8 Å². The van der Waals surface area contributed by atoms with Crippen molar-refractivity contribution in [1.82, 2.24) is 0 Å². The van der Waals surface area contributed by atoms with Gasteiger partial charge in [0.25, 0.3) is 0 Å². The number of thioether (sulfide) groups is 1. The van der Waals surface area contributed by atoms with Crippen molar-refractivity contribution < 1.29 is 14.7 Å². The molecule has 0 aromatic heterocycles. The third-order valence-corrected chi connectivity index (χ3v) is 4.24. The van der Waals surface area contributed by atoms with E-state index >= 15 is 0 Å². The molecule has 0 heterocycles. The zero-order valence-corrected chi connectivity index (χ0v) is 13.7. The van der Waals surface area contributed by atoms with Crippen LogP contribution in [-0.4, -0.2) is 29.8 Å². The van der Waals surface area contributed by atoms with E-state index in [1.165, 1.54) is 0 Å². The van der Waals surface area contributed by atoms with E-state index in [2.05, 4.69) is 0 Å². The number of aliphatic carboxylic acids is 1. The van der Waals surface area contributed by atoms with Gasteiger partial charge in [-0.1, -0.05) is 19.9 Å². The Labute approximate surface area is 130 Å². The molecule has 0 aliphatic carbocycles. The fraction of sp³-hybridized carbons (Fsp3) is 0.500. The molecule has 0 radical (unpaired) electrons. The molecule has 0 spiro atoms. The number of carbonyl (C=O) groups is 2. The summed E-state index contributed by atoms with van der Waals surface area (Å²) in [4.78, 5) is 26.2. The quantitative estimate of drug-likeness (QED) is 0.745. The summed E-state index contributed by atoms with van der Waals surface area (Å²) < 4.78 is 0. The van der Waals surface area contributed by atoms with E-state index in [1.54, 1.807) is 16.7 Å². The topological polar surface area (TPSA) is 57.6 Å². The summed E-state index contributed by atoms with van der Waals surface area (Å²) in [6, 6.07) is 7.68. The standard InChI is InChI=1S/C16H23NO3S/c1-4-12(5-2)16(20)17(10-9-15(18)19)13-7-6-8-14(11-13)21-3/h6-8,11-12H,4-5,9-10H2,1-3H3,(H,18,19). The predicted molar refractivity (Wildman–Crippen MR) is 86.9 cm³/mol. The number of anilines is 1. The van der Waals surface area contributed by atoms with Crippen molar-refractivity contribution in [2.24, 2.45) is 5.92 Å². The zero-order chi connectivity index (χ0) is 15.8. The van der Waals surface area contributed by atoms with E-state index in [0.29, 0.717) is 0 Å². The first-order chi connectivity index (χ1) is 10.0. The Morgan fingerprint density at radius 3 is 2.48 bits per heavy atom. The summed E-state index contributed by atoms with van der Waals surface area (Å²) in [7, 11) is 0. The zero-order valence-electron chi connectivity index (χ0n) is 12.8. The SMILES string of the molecule is CCC(CC)C(=O)N(CCC(=O)O)c1cccc(SC)c1. The highest BCUT2D eigenvalue weighted by molar-refractivity contribution is 7.98. The Morgan fingerprint density at radius 2 is 1.95 bits per heavy atom. The molecule has 1 amide bonds. The Morgan fingerprint density at radius 1 is 1.29 bits per heavy atom. The van der Waals surface area contributed by atoms with Crippen LogP contribution < -0.4 is 4.90 Å². The van der Waals surface area contributed by atoms with E-state index < -0.39 is 5.97 Å². The molecule has 4 nitrogen and oxygen atoms in total. The van der Waals surface area contributed by atoms with Crippen LogP contribution in [0.5, 0.6) is 0 Å². The molecule has 1 N–H and O–H groups in total. The number of benzene rings is 1. The van der Waals surface area contributed by atoms with Crippen LogP contribution in [-0.2, 0) is 9.59 Å². The van der Waals surface area contributed by atoms with Crippen molar-refractivity contribution in [3.63, 3.8) is 0 Å². The van der Waals surface area contributed by atoms with Gasteiger partial charge in [-0.05, 0) is 37.3 Å². The molecule has 0 bridgehead atoms. The summed E-state index contributed by atoms with van der Waals surface area (Å²) in [6.07, 6.45) is 3.46. The fourth-order valence-corrected chi connectivity index (χ4v) is 2.66. The van der Waals surface area contributed by atoms with Gasteiger partial charge >= 0.3 is 5.97 Å². The predicted octanol–water partition coefficient (Wildman–Crippen LogP) is 3.65. The molecule has 116 valence electrons.